The Balaban J connectivity index is 0.961. The molecule has 0 spiro atoms. The Labute approximate surface area is 514 Å². The fourth-order valence-corrected chi connectivity index (χ4v) is 16.3. The van der Waals surface area contributed by atoms with E-state index in [1.807, 2.05) is 0 Å². The average molecular weight is 1120 g/mol. The van der Waals surface area contributed by atoms with E-state index < -0.39 is 5.41 Å². The molecule has 0 unspecified atom stereocenters. The van der Waals surface area contributed by atoms with Crippen molar-refractivity contribution < 1.29 is 0 Å². The van der Waals surface area contributed by atoms with Gasteiger partial charge in [-0.3, -0.25) is 0 Å². The SMILES string of the molecule is CCCCCCC1(CCCCCC)c2cc(-c3c4ccccc4c(-c4cccc5c4C(c4ccccc4)(c4ccccc4)c4ccccc4-5)c4ccccc34)ccc2-c2ccc(N(c3ccc(C)c4ccccc34)c3ccc(C)c4ccccc34)cc21. The second-order valence-corrected chi connectivity index (χ2v) is 25.0. The summed E-state index contributed by atoms with van der Waals surface area (Å²) in [5.41, 5.74) is 24.2. The quantitative estimate of drug-likeness (QED) is 0.0649. The van der Waals surface area contributed by atoms with Crippen LogP contribution in [0.3, 0.4) is 0 Å². The lowest BCUT2D eigenvalue weighted by Gasteiger charge is -2.35. The average Bonchev–Trinajstić information content (AvgIpc) is 1.60. The van der Waals surface area contributed by atoms with E-state index in [-0.39, 0.29) is 5.41 Å². The maximum Gasteiger partial charge on any atom is 0.0719 e. The van der Waals surface area contributed by atoms with Gasteiger partial charge in [0.05, 0.1) is 16.8 Å². The number of rotatable bonds is 17. The van der Waals surface area contributed by atoms with Gasteiger partial charge in [-0.15, -0.1) is 0 Å². The molecule has 2 aliphatic rings. The monoisotopic (exact) mass is 1120 g/mol. The highest BCUT2D eigenvalue weighted by Crippen LogP contribution is 2.61. The zero-order valence-electron chi connectivity index (χ0n) is 50.8. The summed E-state index contributed by atoms with van der Waals surface area (Å²) < 4.78 is 0. The van der Waals surface area contributed by atoms with E-state index in [1.54, 1.807) is 0 Å². The fraction of sp³-hybridized carbons (Fsp3) is 0.186. The van der Waals surface area contributed by atoms with Crippen molar-refractivity contribution in [2.75, 3.05) is 4.90 Å². The number of hydrogen-bond donors (Lipinski definition) is 0. The molecule has 0 bridgehead atoms. The topological polar surface area (TPSA) is 3.24 Å². The van der Waals surface area contributed by atoms with Gasteiger partial charge >= 0.3 is 0 Å². The molecule has 0 saturated heterocycles. The molecule has 0 atom stereocenters. The van der Waals surface area contributed by atoms with Crippen LogP contribution in [-0.2, 0) is 10.8 Å². The smallest absolute Gasteiger partial charge is 0.0719 e. The van der Waals surface area contributed by atoms with Crippen LogP contribution in [-0.4, -0.2) is 0 Å². The van der Waals surface area contributed by atoms with Crippen LogP contribution >= 0.6 is 0 Å². The molecule has 13 aromatic rings. The highest BCUT2D eigenvalue weighted by molar-refractivity contribution is 6.22. The van der Waals surface area contributed by atoms with Gasteiger partial charge in [0.25, 0.3) is 0 Å². The lowest BCUT2D eigenvalue weighted by molar-refractivity contribution is 0.401. The molecule has 13 aromatic carbocycles. The summed E-state index contributed by atoms with van der Waals surface area (Å²) in [6.45, 7) is 9.20. The van der Waals surface area contributed by atoms with Crippen LogP contribution < -0.4 is 4.90 Å². The summed E-state index contributed by atoms with van der Waals surface area (Å²) in [6, 6.07) is 100. The van der Waals surface area contributed by atoms with E-state index in [0.717, 1.165) is 12.8 Å². The molecular formula is C86H75N. The third kappa shape index (κ3) is 8.71. The van der Waals surface area contributed by atoms with Gasteiger partial charge < -0.3 is 4.90 Å². The van der Waals surface area contributed by atoms with Crippen LogP contribution in [0.5, 0.6) is 0 Å². The predicted octanol–water partition coefficient (Wildman–Crippen LogP) is 24.3. The lowest BCUT2D eigenvalue weighted by Crippen LogP contribution is -2.29. The first-order chi connectivity index (χ1) is 42.9. The van der Waals surface area contributed by atoms with Gasteiger partial charge in [0, 0.05) is 21.9 Å². The van der Waals surface area contributed by atoms with Crippen LogP contribution in [0.15, 0.2) is 261 Å². The Bertz CT molecular complexity index is 4560. The number of fused-ring (bicyclic) bond motifs is 10. The van der Waals surface area contributed by atoms with E-state index in [0.29, 0.717) is 0 Å². The summed E-state index contributed by atoms with van der Waals surface area (Å²) >= 11 is 0. The minimum atomic E-state index is -0.558. The van der Waals surface area contributed by atoms with Crippen LogP contribution in [0.2, 0.25) is 0 Å². The minimum absolute atomic E-state index is 0.197. The molecule has 15 rings (SSSR count). The fourth-order valence-electron chi connectivity index (χ4n) is 16.3. The zero-order valence-corrected chi connectivity index (χ0v) is 50.8. The molecule has 0 fully saturated rings. The van der Waals surface area contributed by atoms with Crippen LogP contribution in [0, 0.1) is 13.8 Å². The second-order valence-electron chi connectivity index (χ2n) is 25.0. The predicted molar refractivity (Wildman–Crippen MR) is 373 cm³/mol. The molecule has 1 nitrogen and oxygen atoms in total. The van der Waals surface area contributed by atoms with Crippen molar-refractivity contribution in [3.8, 4) is 44.5 Å². The van der Waals surface area contributed by atoms with Gasteiger partial charge in [0.1, 0.15) is 0 Å². The molecule has 1 heteroatoms. The Morgan fingerprint density at radius 1 is 0.310 bits per heavy atom. The van der Waals surface area contributed by atoms with Crippen molar-refractivity contribution in [3.63, 3.8) is 0 Å². The number of unbranched alkanes of at least 4 members (excludes halogenated alkanes) is 6. The number of hydrogen-bond acceptors (Lipinski definition) is 1. The van der Waals surface area contributed by atoms with Crippen LogP contribution in [0.4, 0.5) is 17.1 Å². The van der Waals surface area contributed by atoms with Gasteiger partial charge in [-0.2, -0.15) is 0 Å². The van der Waals surface area contributed by atoms with Gasteiger partial charge in [-0.25, -0.2) is 0 Å². The molecule has 0 radical (unpaired) electrons. The Kier molecular flexibility index (Phi) is 14.1. The highest BCUT2D eigenvalue weighted by Gasteiger charge is 2.48. The summed E-state index contributed by atoms with van der Waals surface area (Å²) in [5, 5.41) is 10.2. The molecular weight excluding hydrogens is 1050 g/mol. The number of aryl methyl sites for hydroxylation is 2. The lowest BCUT2D eigenvalue weighted by atomic mass is 9.65. The van der Waals surface area contributed by atoms with Crippen molar-refractivity contribution in [1.82, 2.24) is 0 Å². The third-order valence-corrected chi connectivity index (χ3v) is 20.2. The van der Waals surface area contributed by atoms with Crippen molar-refractivity contribution in [3.05, 3.63) is 305 Å². The molecule has 0 amide bonds. The summed E-state index contributed by atoms with van der Waals surface area (Å²) in [4.78, 5) is 2.60. The van der Waals surface area contributed by atoms with Gasteiger partial charge in [-0.1, -0.05) is 296 Å². The standard InChI is InChI=1S/C86H75N/c1-5-7-9-27-54-85(55-28-10-8-6-2)78-56-60(48-50-67(78)68-51-49-63(57-79(68)85)87(80-52-46-58(3)64-34-17-19-37-69(64)80)81-53-47-59(4)65-35-18-20-38-70(65)81)82-71-39-21-23-41-73(71)83(74-42-24-22-40-72(74)82)76-44-29-43-75-66-36-25-26-45-77(66)86(84(75)76,61-30-13-11-14-31-61)62-32-15-12-16-33-62/h11-26,29-53,56-57H,5-10,27-28,54-55H2,1-4H3. The number of nitrogens with zero attached hydrogens (tertiary/aromatic N) is 1. The van der Waals surface area contributed by atoms with E-state index in [4.69, 9.17) is 0 Å². The Morgan fingerprint density at radius 3 is 1.30 bits per heavy atom. The third-order valence-electron chi connectivity index (χ3n) is 20.2. The maximum atomic E-state index is 2.69. The summed E-state index contributed by atoms with van der Waals surface area (Å²) in [7, 11) is 0. The summed E-state index contributed by atoms with van der Waals surface area (Å²) in [6.07, 6.45) is 12.0. The summed E-state index contributed by atoms with van der Waals surface area (Å²) in [5.74, 6) is 0. The largest absolute Gasteiger partial charge is 0.309 e. The molecule has 0 aromatic heterocycles. The Hall–Kier alpha value is -9.30. The molecule has 0 N–H and O–H groups in total. The minimum Gasteiger partial charge on any atom is -0.309 e. The molecule has 87 heavy (non-hydrogen) atoms. The molecule has 0 heterocycles. The van der Waals surface area contributed by atoms with Crippen molar-refractivity contribution >= 4 is 60.2 Å². The van der Waals surface area contributed by atoms with Crippen molar-refractivity contribution in [1.29, 1.82) is 0 Å². The van der Waals surface area contributed by atoms with Gasteiger partial charge in [-0.05, 0) is 178 Å². The van der Waals surface area contributed by atoms with Crippen LogP contribution in [0.25, 0.3) is 87.6 Å². The first-order valence-corrected chi connectivity index (χ1v) is 32.3. The van der Waals surface area contributed by atoms with E-state index in [2.05, 4.69) is 293 Å². The van der Waals surface area contributed by atoms with Gasteiger partial charge in [0.2, 0.25) is 0 Å². The van der Waals surface area contributed by atoms with Crippen molar-refractivity contribution in [2.45, 2.75) is 103 Å². The first kappa shape index (κ1) is 54.4. The molecule has 2 aliphatic carbocycles. The molecule has 0 saturated carbocycles. The molecule has 424 valence electrons. The highest BCUT2D eigenvalue weighted by atomic mass is 15.1. The van der Waals surface area contributed by atoms with Gasteiger partial charge in [0.15, 0.2) is 0 Å². The molecule has 0 aliphatic heterocycles. The first-order valence-electron chi connectivity index (χ1n) is 32.3. The van der Waals surface area contributed by atoms with Crippen LogP contribution in [0.1, 0.15) is 123 Å². The van der Waals surface area contributed by atoms with E-state index in [1.165, 1.54) is 201 Å². The van der Waals surface area contributed by atoms with E-state index in [9.17, 15) is 0 Å². The second kappa shape index (κ2) is 22.5. The number of anilines is 3. The maximum absolute atomic E-state index is 2.69. The zero-order chi connectivity index (χ0) is 58.6. The number of benzene rings is 13. The van der Waals surface area contributed by atoms with Crippen molar-refractivity contribution in [2.24, 2.45) is 0 Å². The Morgan fingerprint density at radius 2 is 0.747 bits per heavy atom. The normalized spacial score (nSPS) is 13.5. The van der Waals surface area contributed by atoms with E-state index >= 15 is 0 Å².